The van der Waals surface area contributed by atoms with Gasteiger partial charge < -0.3 is 10.1 Å². The molecule has 0 heterocycles. The van der Waals surface area contributed by atoms with Crippen LogP contribution >= 0.6 is 15.9 Å². The molecule has 3 rings (SSSR count). The quantitative estimate of drug-likeness (QED) is 0.454. The first-order chi connectivity index (χ1) is 15.2. The first-order valence-corrected chi connectivity index (χ1v) is 12.2. The Bertz CT molecular complexity index is 1180. The van der Waals surface area contributed by atoms with Crippen molar-refractivity contribution in [2.45, 2.75) is 31.4 Å². The van der Waals surface area contributed by atoms with Crippen LogP contribution in [0.15, 0.2) is 82.2 Å². The van der Waals surface area contributed by atoms with Crippen LogP contribution in [0.25, 0.3) is 0 Å². The number of rotatable bonds is 7. The number of halogens is 1. The number of carbonyl (C=O) groups excluding carboxylic acids is 1. The molecule has 0 radical (unpaired) electrons. The van der Waals surface area contributed by atoms with Gasteiger partial charge >= 0.3 is 6.03 Å². The Labute approximate surface area is 197 Å². The Kier molecular flexibility index (Phi) is 7.58. The lowest BCUT2D eigenvalue weighted by atomic mass is 10.1. The number of carbonyl (C=O) groups is 1. The molecule has 1 atom stereocenters. The van der Waals surface area contributed by atoms with Gasteiger partial charge in [0, 0.05) is 17.1 Å². The lowest BCUT2D eigenvalue weighted by Gasteiger charge is -2.23. The number of nitrogens with zero attached hydrogens (tertiary/aromatic N) is 1. The van der Waals surface area contributed by atoms with Crippen molar-refractivity contribution in [3.05, 3.63) is 94.0 Å². The third kappa shape index (κ3) is 5.69. The number of nitrogens with one attached hydrogen (secondary N) is 1. The van der Waals surface area contributed by atoms with Gasteiger partial charge in [0.05, 0.1) is 10.9 Å². The predicted molar refractivity (Wildman–Crippen MR) is 128 cm³/mol. The van der Waals surface area contributed by atoms with Gasteiger partial charge in [-0.3, -0.25) is 0 Å². The molecule has 2 amide bonds. The zero-order valence-electron chi connectivity index (χ0n) is 18.1. The molecule has 0 fully saturated rings. The van der Waals surface area contributed by atoms with Crippen LogP contribution in [0.4, 0.5) is 4.79 Å². The molecule has 0 aliphatic heterocycles. The molecule has 0 aromatic heterocycles. The largest absolute Gasteiger partial charge is 0.489 e. The number of aryl methyl sites for hydroxylation is 1. The SMILES string of the molecule is Cc1ccc(S(=O)(=O)N(C)C(=O)NC(C)c2cc(Br)ccc2OCc2ccccc2)cc1. The van der Waals surface area contributed by atoms with E-state index in [4.69, 9.17) is 4.74 Å². The average molecular weight is 517 g/mol. The van der Waals surface area contributed by atoms with E-state index in [0.717, 1.165) is 25.5 Å². The molecule has 0 aliphatic rings. The monoisotopic (exact) mass is 516 g/mol. The zero-order chi connectivity index (χ0) is 23.3. The van der Waals surface area contributed by atoms with Gasteiger partial charge in [-0.05, 0) is 49.7 Å². The third-order valence-electron chi connectivity index (χ3n) is 4.98. The Morgan fingerprint density at radius 2 is 1.72 bits per heavy atom. The summed E-state index contributed by atoms with van der Waals surface area (Å²) < 4.78 is 33.2. The molecule has 32 heavy (non-hydrogen) atoms. The fourth-order valence-electron chi connectivity index (χ4n) is 3.06. The van der Waals surface area contributed by atoms with Crippen LogP contribution in [0.5, 0.6) is 5.75 Å². The number of amides is 2. The van der Waals surface area contributed by atoms with Crippen LogP contribution in [-0.4, -0.2) is 25.8 Å². The van der Waals surface area contributed by atoms with E-state index in [1.54, 1.807) is 19.1 Å². The second kappa shape index (κ2) is 10.2. The summed E-state index contributed by atoms with van der Waals surface area (Å²) in [6.07, 6.45) is 0. The van der Waals surface area contributed by atoms with Crippen molar-refractivity contribution in [3.8, 4) is 5.75 Å². The second-order valence-electron chi connectivity index (χ2n) is 7.41. The summed E-state index contributed by atoms with van der Waals surface area (Å²) in [5, 5.41) is 2.76. The molecular formula is C24H25BrN2O4S. The van der Waals surface area contributed by atoms with E-state index in [-0.39, 0.29) is 4.90 Å². The number of ether oxygens (including phenoxy) is 1. The average Bonchev–Trinajstić information content (AvgIpc) is 2.78. The summed E-state index contributed by atoms with van der Waals surface area (Å²) in [6.45, 7) is 4.02. The molecule has 0 saturated heterocycles. The van der Waals surface area contributed by atoms with Crippen LogP contribution in [0.3, 0.4) is 0 Å². The van der Waals surface area contributed by atoms with E-state index in [9.17, 15) is 13.2 Å². The molecule has 1 N–H and O–H groups in total. The van der Waals surface area contributed by atoms with Gasteiger partial charge in [0.15, 0.2) is 0 Å². The molecule has 168 valence electrons. The van der Waals surface area contributed by atoms with Crippen LogP contribution < -0.4 is 10.1 Å². The lowest BCUT2D eigenvalue weighted by Crippen LogP contribution is -2.42. The Morgan fingerprint density at radius 1 is 1.06 bits per heavy atom. The minimum Gasteiger partial charge on any atom is -0.489 e. The molecule has 3 aromatic carbocycles. The van der Waals surface area contributed by atoms with Gasteiger partial charge in [-0.15, -0.1) is 0 Å². The number of sulfonamides is 1. The van der Waals surface area contributed by atoms with E-state index in [2.05, 4.69) is 21.2 Å². The molecule has 0 aliphatic carbocycles. The first kappa shape index (κ1) is 23.8. The van der Waals surface area contributed by atoms with Crippen molar-refractivity contribution in [2.24, 2.45) is 0 Å². The van der Waals surface area contributed by atoms with Crippen molar-refractivity contribution in [2.75, 3.05) is 7.05 Å². The van der Waals surface area contributed by atoms with Gasteiger partial charge in [-0.2, -0.15) is 0 Å². The van der Waals surface area contributed by atoms with E-state index in [0.29, 0.717) is 12.4 Å². The summed E-state index contributed by atoms with van der Waals surface area (Å²) >= 11 is 3.45. The van der Waals surface area contributed by atoms with Crippen molar-refractivity contribution < 1.29 is 17.9 Å². The molecule has 3 aromatic rings. The van der Waals surface area contributed by atoms with Gasteiger partial charge in [0.2, 0.25) is 0 Å². The van der Waals surface area contributed by atoms with Gasteiger partial charge in [-0.1, -0.05) is 64.0 Å². The Hall–Kier alpha value is -2.84. The summed E-state index contributed by atoms with van der Waals surface area (Å²) in [4.78, 5) is 12.8. The summed E-state index contributed by atoms with van der Waals surface area (Å²) in [6, 6.07) is 20.4. The van der Waals surface area contributed by atoms with Crippen LogP contribution in [0.1, 0.15) is 29.7 Å². The lowest BCUT2D eigenvalue weighted by molar-refractivity contribution is 0.224. The highest BCUT2D eigenvalue weighted by molar-refractivity contribution is 9.10. The smallest absolute Gasteiger partial charge is 0.331 e. The standard InChI is InChI=1S/C24H25BrN2O4S/c1-17-9-12-21(13-10-17)32(29,30)27(3)24(28)26-18(2)22-15-20(25)11-14-23(22)31-16-19-7-5-4-6-8-19/h4-15,18H,16H2,1-3H3,(H,26,28). The van der Waals surface area contributed by atoms with Crippen molar-refractivity contribution >= 4 is 32.0 Å². The molecule has 6 nitrogen and oxygen atoms in total. The fraction of sp³-hybridized carbons (Fsp3) is 0.208. The second-order valence-corrected chi connectivity index (χ2v) is 10.3. The normalized spacial score (nSPS) is 12.1. The van der Waals surface area contributed by atoms with E-state index in [1.807, 2.05) is 55.5 Å². The molecule has 1 unspecified atom stereocenters. The summed E-state index contributed by atoms with van der Waals surface area (Å²) in [7, 11) is -2.73. The van der Waals surface area contributed by atoms with E-state index < -0.39 is 22.1 Å². The maximum absolute atomic E-state index is 12.8. The number of hydrogen-bond donors (Lipinski definition) is 1. The third-order valence-corrected chi connectivity index (χ3v) is 7.23. The van der Waals surface area contributed by atoms with E-state index >= 15 is 0 Å². The molecular weight excluding hydrogens is 492 g/mol. The van der Waals surface area contributed by atoms with Crippen molar-refractivity contribution in [1.29, 1.82) is 0 Å². The van der Waals surface area contributed by atoms with Gasteiger partial charge in [-0.25, -0.2) is 17.5 Å². The number of benzene rings is 3. The number of hydrogen-bond acceptors (Lipinski definition) is 4. The molecule has 0 bridgehead atoms. The predicted octanol–water partition coefficient (Wildman–Crippen LogP) is 5.43. The summed E-state index contributed by atoms with van der Waals surface area (Å²) in [5.41, 5.74) is 2.68. The van der Waals surface area contributed by atoms with Crippen LogP contribution in [-0.2, 0) is 16.6 Å². The van der Waals surface area contributed by atoms with Crippen molar-refractivity contribution in [3.63, 3.8) is 0 Å². The molecule has 0 spiro atoms. The maximum Gasteiger partial charge on any atom is 0.331 e. The minimum absolute atomic E-state index is 0.0581. The highest BCUT2D eigenvalue weighted by Gasteiger charge is 2.27. The maximum atomic E-state index is 12.8. The van der Waals surface area contributed by atoms with Crippen LogP contribution in [0.2, 0.25) is 0 Å². The topological polar surface area (TPSA) is 75.7 Å². The first-order valence-electron chi connectivity index (χ1n) is 10.0. The Balaban J connectivity index is 1.75. The van der Waals surface area contributed by atoms with Gasteiger partial charge in [0.1, 0.15) is 12.4 Å². The molecule has 0 saturated carbocycles. The van der Waals surface area contributed by atoms with Gasteiger partial charge in [0.25, 0.3) is 10.0 Å². The Morgan fingerprint density at radius 3 is 2.38 bits per heavy atom. The minimum atomic E-state index is -3.97. The molecule has 8 heteroatoms. The summed E-state index contributed by atoms with van der Waals surface area (Å²) in [5.74, 6) is 0.605. The highest BCUT2D eigenvalue weighted by Crippen LogP contribution is 2.29. The zero-order valence-corrected chi connectivity index (χ0v) is 20.5. The van der Waals surface area contributed by atoms with Crippen molar-refractivity contribution in [1.82, 2.24) is 9.62 Å². The number of urea groups is 1. The fourth-order valence-corrected chi connectivity index (χ4v) is 4.50. The highest BCUT2D eigenvalue weighted by atomic mass is 79.9. The van der Waals surface area contributed by atoms with Crippen LogP contribution in [0, 0.1) is 6.92 Å². The van der Waals surface area contributed by atoms with E-state index in [1.165, 1.54) is 19.2 Å².